The van der Waals surface area contributed by atoms with Gasteiger partial charge in [0.15, 0.2) is 0 Å². The third-order valence-corrected chi connectivity index (χ3v) is 2.77. The van der Waals surface area contributed by atoms with E-state index in [1.54, 1.807) is 0 Å². The summed E-state index contributed by atoms with van der Waals surface area (Å²) in [6.45, 7) is 1.19. The van der Waals surface area contributed by atoms with Crippen molar-refractivity contribution in [2.24, 2.45) is 5.73 Å². The normalized spacial score (nSPS) is 34.5. The van der Waals surface area contributed by atoms with Crippen molar-refractivity contribution in [3.8, 4) is 0 Å². The van der Waals surface area contributed by atoms with Crippen molar-refractivity contribution >= 4 is 5.91 Å². The van der Waals surface area contributed by atoms with Crippen LogP contribution in [0.4, 0.5) is 0 Å². The van der Waals surface area contributed by atoms with E-state index in [1.165, 1.54) is 0 Å². The fraction of sp³-hybridized carbons (Fsp3) is 0.889. The summed E-state index contributed by atoms with van der Waals surface area (Å²) in [6, 6.07) is 0.495. The molecule has 4 nitrogen and oxygen atoms in total. The summed E-state index contributed by atoms with van der Waals surface area (Å²) < 4.78 is 5.31. The molecule has 0 aromatic heterocycles. The van der Waals surface area contributed by atoms with Gasteiger partial charge in [0.1, 0.15) is 5.54 Å². The molecule has 0 bridgehead atoms. The zero-order valence-corrected chi connectivity index (χ0v) is 7.71. The van der Waals surface area contributed by atoms with Gasteiger partial charge in [-0.2, -0.15) is 0 Å². The smallest absolute Gasteiger partial charge is 0.240 e. The second kappa shape index (κ2) is 3.27. The minimum absolute atomic E-state index is 0.265. The van der Waals surface area contributed by atoms with Gasteiger partial charge in [-0.15, -0.1) is 0 Å². The van der Waals surface area contributed by atoms with Gasteiger partial charge in [0.2, 0.25) is 5.91 Å². The van der Waals surface area contributed by atoms with Gasteiger partial charge in [0.05, 0.1) is 6.61 Å². The standard InChI is InChI=1S/C9H16N2O2/c10-8(12)9(11-7-2-3-7)4-1-5-13-6-9/h7,11H,1-6H2,(H2,10,12). The lowest BCUT2D eigenvalue weighted by molar-refractivity contribution is -0.130. The summed E-state index contributed by atoms with van der Waals surface area (Å²) in [5, 5.41) is 3.31. The maximum atomic E-state index is 11.3. The number of amides is 1. The van der Waals surface area contributed by atoms with E-state index in [0.717, 1.165) is 32.3 Å². The second-order valence-corrected chi connectivity index (χ2v) is 4.02. The molecule has 74 valence electrons. The van der Waals surface area contributed by atoms with Crippen molar-refractivity contribution in [2.75, 3.05) is 13.2 Å². The monoisotopic (exact) mass is 184 g/mol. The molecule has 4 heteroatoms. The summed E-state index contributed by atoms with van der Waals surface area (Å²) in [5.41, 5.74) is 4.83. The van der Waals surface area contributed by atoms with E-state index in [-0.39, 0.29) is 5.91 Å². The van der Waals surface area contributed by atoms with E-state index in [1.807, 2.05) is 0 Å². The lowest BCUT2D eigenvalue weighted by Gasteiger charge is -2.35. The van der Waals surface area contributed by atoms with Crippen molar-refractivity contribution < 1.29 is 9.53 Å². The van der Waals surface area contributed by atoms with Crippen LogP contribution in [0, 0.1) is 0 Å². The minimum Gasteiger partial charge on any atom is -0.379 e. The molecule has 1 saturated heterocycles. The first-order valence-corrected chi connectivity index (χ1v) is 4.88. The molecule has 2 fully saturated rings. The number of ether oxygens (including phenoxy) is 1. The molecule has 0 aromatic carbocycles. The molecule has 1 aliphatic heterocycles. The molecule has 0 radical (unpaired) electrons. The predicted octanol–water partition coefficient (Wildman–Crippen LogP) is -0.227. The number of carbonyl (C=O) groups is 1. The van der Waals surface area contributed by atoms with Gasteiger partial charge in [-0.25, -0.2) is 0 Å². The SMILES string of the molecule is NC(=O)C1(NC2CC2)CCCOC1. The molecular formula is C9H16N2O2. The number of rotatable bonds is 3. The Bertz CT molecular complexity index is 208. The van der Waals surface area contributed by atoms with Crippen molar-refractivity contribution in [1.82, 2.24) is 5.32 Å². The van der Waals surface area contributed by atoms with Crippen LogP contribution in [-0.4, -0.2) is 30.7 Å². The average molecular weight is 184 g/mol. The number of carbonyl (C=O) groups excluding carboxylic acids is 1. The molecule has 1 saturated carbocycles. The topological polar surface area (TPSA) is 64.4 Å². The fourth-order valence-electron chi connectivity index (χ4n) is 1.79. The zero-order chi connectivity index (χ0) is 9.31. The van der Waals surface area contributed by atoms with Gasteiger partial charge in [0, 0.05) is 12.6 Å². The molecule has 3 N–H and O–H groups in total. The van der Waals surface area contributed by atoms with Gasteiger partial charge in [-0.3, -0.25) is 10.1 Å². The van der Waals surface area contributed by atoms with Crippen molar-refractivity contribution in [2.45, 2.75) is 37.3 Å². The van der Waals surface area contributed by atoms with E-state index in [2.05, 4.69) is 5.32 Å². The second-order valence-electron chi connectivity index (χ2n) is 4.02. The van der Waals surface area contributed by atoms with Crippen LogP contribution < -0.4 is 11.1 Å². The molecule has 2 aliphatic rings. The largest absolute Gasteiger partial charge is 0.379 e. The number of hydrogen-bond donors (Lipinski definition) is 2. The Hall–Kier alpha value is -0.610. The Morgan fingerprint density at radius 1 is 1.54 bits per heavy atom. The lowest BCUT2D eigenvalue weighted by atomic mass is 9.91. The number of nitrogens with one attached hydrogen (secondary N) is 1. The van der Waals surface area contributed by atoms with Crippen molar-refractivity contribution in [3.05, 3.63) is 0 Å². The molecule has 13 heavy (non-hydrogen) atoms. The summed E-state index contributed by atoms with van der Waals surface area (Å²) in [7, 11) is 0. The Balaban J connectivity index is 2.02. The highest BCUT2D eigenvalue weighted by Crippen LogP contribution is 2.27. The molecule has 0 spiro atoms. The minimum atomic E-state index is -0.570. The quantitative estimate of drug-likeness (QED) is 0.637. The molecule has 1 amide bonds. The maximum absolute atomic E-state index is 11.3. The molecule has 1 unspecified atom stereocenters. The van der Waals surface area contributed by atoms with Crippen LogP contribution in [0.15, 0.2) is 0 Å². The Morgan fingerprint density at radius 2 is 2.31 bits per heavy atom. The Kier molecular flexibility index (Phi) is 2.26. The highest BCUT2D eigenvalue weighted by molar-refractivity contribution is 5.85. The molecular weight excluding hydrogens is 168 g/mol. The first kappa shape index (κ1) is 8.97. The van der Waals surface area contributed by atoms with E-state index in [4.69, 9.17) is 10.5 Å². The predicted molar refractivity (Wildman–Crippen MR) is 48.1 cm³/mol. The summed E-state index contributed by atoms with van der Waals surface area (Å²) in [5.74, 6) is -0.265. The Morgan fingerprint density at radius 3 is 2.77 bits per heavy atom. The molecule has 0 aromatic rings. The van der Waals surface area contributed by atoms with Gasteiger partial charge in [-0.1, -0.05) is 0 Å². The van der Waals surface area contributed by atoms with E-state index in [9.17, 15) is 4.79 Å². The van der Waals surface area contributed by atoms with E-state index in [0.29, 0.717) is 12.6 Å². The van der Waals surface area contributed by atoms with Gasteiger partial charge in [0.25, 0.3) is 0 Å². The molecule has 2 rings (SSSR count). The van der Waals surface area contributed by atoms with Crippen LogP contribution in [0.5, 0.6) is 0 Å². The van der Waals surface area contributed by atoms with Crippen molar-refractivity contribution in [3.63, 3.8) is 0 Å². The van der Waals surface area contributed by atoms with Crippen LogP contribution in [0.25, 0.3) is 0 Å². The van der Waals surface area contributed by atoms with Gasteiger partial charge < -0.3 is 10.5 Å². The third kappa shape index (κ3) is 1.84. The fourth-order valence-corrected chi connectivity index (χ4v) is 1.79. The average Bonchev–Trinajstić information content (AvgIpc) is 2.90. The van der Waals surface area contributed by atoms with Crippen LogP contribution >= 0.6 is 0 Å². The zero-order valence-electron chi connectivity index (χ0n) is 7.71. The van der Waals surface area contributed by atoms with E-state index >= 15 is 0 Å². The first-order valence-electron chi connectivity index (χ1n) is 4.88. The van der Waals surface area contributed by atoms with Gasteiger partial charge in [-0.05, 0) is 25.7 Å². The highest BCUT2D eigenvalue weighted by atomic mass is 16.5. The van der Waals surface area contributed by atoms with Crippen LogP contribution in [0.1, 0.15) is 25.7 Å². The summed E-state index contributed by atoms with van der Waals surface area (Å²) in [6.07, 6.45) is 4.06. The van der Waals surface area contributed by atoms with Crippen LogP contribution in [0.3, 0.4) is 0 Å². The van der Waals surface area contributed by atoms with Crippen molar-refractivity contribution in [1.29, 1.82) is 0 Å². The third-order valence-electron chi connectivity index (χ3n) is 2.77. The summed E-state index contributed by atoms with van der Waals surface area (Å²) in [4.78, 5) is 11.3. The number of hydrogen-bond acceptors (Lipinski definition) is 3. The molecule has 1 aliphatic carbocycles. The maximum Gasteiger partial charge on any atom is 0.240 e. The number of primary amides is 1. The highest BCUT2D eigenvalue weighted by Gasteiger charge is 2.42. The lowest BCUT2D eigenvalue weighted by Crippen LogP contribution is -2.60. The van der Waals surface area contributed by atoms with Crippen LogP contribution in [0.2, 0.25) is 0 Å². The van der Waals surface area contributed by atoms with E-state index < -0.39 is 5.54 Å². The molecule has 1 atom stereocenters. The first-order chi connectivity index (χ1) is 6.23. The van der Waals surface area contributed by atoms with Gasteiger partial charge >= 0.3 is 0 Å². The molecule has 1 heterocycles. The Labute approximate surface area is 77.8 Å². The number of nitrogens with two attached hydrogens (primary N) is 1. The van der Waals surface area contributed by atoms with Crippen LogP contribution in [-0.2, 0) is 9.53 Å². The summed E-state index contributed by atoms with van der Waals surface area (Å²) >= 11 is 0.